The number of carboxylic acids is 1. The molecule has 0 unspecified atom stereocenters. The van der Waals surface area contributed by atoms with Crippen LogP contribution in [0.2, 0.25) is 5.02 Å². The number of aliphatic carboxylic acids is 1. The first-order chi connectivity index (χ1) is 17.4. The zero-order valence-electron chi connectivity index (χ0n) is 20.5. The molecule has 1 aromatic heterocycles. The number of halogens is 3. The third-order valence-corrected chi connectivity index (χ3v) is 6.50. The molecular formula is C25H26ClF2N3O6. The molecule has 37 heavy (non-hydrogen) atoms. The molecule has 1 N–H and O–H groups in total. The second-order valence-corrected chi connectivity index (χ2v) is 10.0. The van der Waals surface area contributed by atoms with Crippen LogP contribution >= 0.6 is 11.6 Å². The minimum atomic E-state index is -1.15. The van der Waals surface area contributed by atoms with Crippen molar-refractivity contribution in [2.45, 2.75) is 57.8 Å². The third-order valence-electron chi connectivity index (χ3n) is 6.29. The number of pyridine rings is 1. The number of carboxylic acid groups (broad SMARTS) is 1. The summed E-state index contributed by atoms with van der Waals surface area (Å²) in [7, 11) is 0. The number of carbonyl (C=O) groups is 3. The lowest BCUT2D eigenvalue weighted by molar-refractivity contribution is -0.138. The van der Waals surface area contributed by atoms with Gasteiger partial charge in [0.25, 0.3) is 11.8 Å². The van der Waals surface area contributed by atoms with Gasteiger partial charge in [-0.25, -0.2) is 13.8 Å². The van der Waals surface area contributed by atoms with Crippen molar-refractivity contribution in [3.05, 3.63) is 46.6 Å². The molecule has 0 bridgehead atoms. The van der Waals surface area contributed by atoms with Gasteiger partial charge in [0.1, 0.15) is 34.7 Å². The highest BCUT2D eigenvalue weighted by Gasteiger charge is 2.45. The number of aromatic nitrogens is 1. The average Bonchev–Trinajstić information content (AvgIpc) is 2.79. The molecule has 4 rings (SSSR count). The normalized spacial score (nSPS) is 18.2. The molecular weight excluding hydrogens is 512 g/mol. The van der Waals surface area contributed by atoms with E-state index in [9.17, 15) is 23.2 Å². The smallest absolute Gasteiger partial charge is 0.307 e. The summed E-state index contributed by atoms with van der Waals surface area (Å²) in [6.07, 6.45) is 0.972. The predicted octanol–water partition coefficient (Wildman–Crippen LogP) is 4.06. The number of rotatable bonds is 6. The van der Waals surface area contributed by atoms with Crippen LogP contribution in [-0.4, -0.2) is 63.6 Å². The number of anilines is 1. The van der Waals surface area contributed by atoms with Crippen molar-refractivity contribution in [3.63, 3.8) is 0 Å². The van der Waals surface area contributed by atoms with Gasteiger partial charge in [-0.3, -0.25) is 14.4 Å². The summed E-state index contributed by atoms with van der Waals surface area (Å²) < 4.78 is 40.6. The average molecular weight is 538 g/mol. The molecule has 0 radical (unpaired) electrons. The highest BCUT2D eigenvalue weighted by Crippen LogP contribution is 2.40. The van der Waals surface area contributed by atoms with Crippen LogP contribution < -0.4 is 14.4 Å². The van der Waals surface area contributed by atoms with Crippen LogP contribution in [0.3, 0.4) is 0 Å². The SMILES string of the molecule is C[C@H](CC(=O)O)Oc1cc(F)c(C(=O)N2CCC(N3C(=O)C(C)(C)Oc4ncc(Cl)cc43)CC2)c(F)c1. The van der Waals surface area contributed by atoms with E-state index in [4.69, 9.17) is 26.2 Å². The molecule has 1 saturated heterocycles. The molecule has 1 aromatic carbocycles. The fourth-order valence-corrected chi connectivity index (χ4v) is 4.69. The number of benzene rings is 1. The zero-order chi connectivity index (χ0) is 27.1. The lowest BCUT2D eigenvalue weighted by Crippen LogP contribution is -2.58. The molecule has 2 aliphatic rings. The molecule has 1 atom stereocenters. The van der Waals surface area contributed by atoms with Gasteiger partial charge in [0.05, 0.1) is 11.4 Å². The number of ether oxygens (including phenoxy) is 2. The molecule has 0 aliphatic carbocycles. The van der Waals surface area contributed by atoms with Gasteiger partial charge >= 0.3 is 5.97 Å². The fraction of sp³-hybridized carbons (Fsp3) is 0.440. The molecule has 2 amide bonds. The Balaban J connectivity index is 1.48. The van der Waals surface area contributed by atoms with Crippen LogP contribution in [0.1, 0.15) is 50.4 Å². The van der Waals surface area contributed by atoms with Crippen LogP contribution in [0.5, 0.6) is 11.6 Å². The van der Waals surface area contributed by atoms with E-state index in [0.717, 1.165) is 12.1 Å². The van der Waals surface area contributed by atoms with E-state index in [1.807, 2.05) is 0 Å². The molecule has 2 aromatic rings. The van der Waals surface area contributed by atoms with Gasteiger partial charge < -0.3 is 24.4 Å². The van der Waals surface area contributed by atoms with Gasteiger partial charge in [0.15, 0.2) is 5.60 Å². The molecule has 0 saturated carbocycles. The number of piperidine rings is 1. The summed E-state index contributed by atoms with van der Waals surface area (Å²) in [4.78, 5) is 44.1. The number of carbonyl (C=O) groups excluding carboxylic acids is 2. The molecule has 3 heterocycles. The topological polar surface area (TPSA) is 109 Å². The number of nitrogens with zero attached hydrogens (tertiary/aromatic N) is 3. The van der Waals surface area contributed by atoms with Crippen LogP contribution in [0.25, 0.3) is 0 Å². The number of likely N-dealkylation sites (tertiary alicyclic amines) is 1. The summed E-state index contributed by atoms with van der Waals surface area (Å²) in [5.74, 6) is -4.37. The molecule has 2 aliphatic heterocycles. The van der Waals surface area contributed by atoms with E-state index in [0.29, 0.717) is 23.6 Å². The predicted molar refractivity (Wildman–Crippen MR) is 129 cm³/mol. The van der Waals surface area contributed by atoms with Crippen LogP contribution in [0, 0.1) is 11.6 Å². The quantitative estimate of drug-likeness (QED) is 0.591. The minimum absolute atomic E-state index is 0.157. The van der Waals surface area contributed by atoms with Crippen molar-refractivity contribution in [1.29, 1.82) is 0 Å². The van der Waals surface area contributed by atoms with Crippen LogP contribution in [-0.2, 0) is 9.59 Å². The summed E-state index contributed by atoms with van der Waals surface area (Å²) >= 11 is 6.11. The van der Waals surface area contributed by atoms with E-state index in [1.54, 1.807) is 24.8 Å². The lowest BCUT2D eigenvalue weighted by Gasteiger charge is -2.44. The van der Waals surface area contributed by atoms with Crippen molar-refractivity contribution < 1.29 is 37.7 Å². The largest absolute Gasteiger partial charge is 0.490 e. The fourth-order valence-electron chi connectivity index (χ4n) is 4.54. The highest BCUT2D eigenvalue weighted by atomic mass is 35.5. The highest BCUT2D eigenvalue weighted by molar-refractivity contribution is 6.30. The van der Waals surface area contributed by atoms with Crippen molar-refractivity contribution in [2.75, 3.05) is 18.0 Å². The Kier molecular flexibility index (Phi) is 7.27. The van der Waals surface area contributed by atoms with Crippen molar-refractivity contribution in [1.82, 2.24) is 9.88 Å². The van der Waals surface area contributed by atoms with Crippen molar-refractivity contribution in [2.24, 2.45) is 0 Å². The van der Waals surface area contributed by atoms with Gasteiger partial charge in [-0.15, -0.1) is 0 Å². The Morgan fingerprint density at radius 3 is 2.46 bits per heavy atom. The number of fused-ring (bicyclic) bond motifs is 1. The number of amides is 2. The molecule has 12 heteroatoms. The Bertz CT molecular complexity index is 1230. The maximum atomic E-state index is 14.8. The summed E-state index contributed by atoms with van der Waals surface area (Å²) in [6, 6.07) is 3.02. The van der Waals surface area contributed by atoms with E-state index in [2.05, 4.69) is 4.98 Å². The second kappa shape index (κ2) is 10.1. The van der Waals surface area contributed by atoms with Crippen molar-refractivity contribution in [3.8, 4) is 11.6 Å². The number of hydrogen-bond donors (Lipinski definition) is 1. The Hall–Kier alpha value is -3.47. The standard InChI is InChI=1S/C25H26ClF2N3O6/c1-13(8-20(32)33)36-16-10-17(27)21(18(28)11-16)23(34)30-6-4-15(5-7-30)31-19-9-14(26)12-29-22(19)37-25(2,3)24(31)35/h9-13,15H,4-8H2,1-3H3,(H,32,33)/t13-/m1/s1. The molecule has 0 spiro atoms. The minimum Gasteiger partial charge on any atom is -0.490 e. The van der Waals surface area contributed by atoms with Crippen molar-refractivity contribution >= 4 is 35.1 Å². The molecule has 9 nitrogen and oxygen atoms in total. The monoisotopic (exact) mass is 537 g/mol. The first-order valence-corrected chi connectivity index (χ1v) is 12.1. The maximum Gasteiger partial charge on any atom is 0.307 e. The second-order valence-electron chi connectivity index (χ2n) is 9.58. The Morgan fingerprint density at radius 1 is 1.24 bits per heavy atom. The van der Waals surface area contributed by atoms with E-state index in [-0.39, 0.29) is 43.1 Å². The zero-order valence-corrected chi connectivity index (χ0v) is 21.2. The van der Waals surface area contributed by atoms with Gasteiger partial charge in [-0.2, -0.15) is 0 Å². The maximum absolute atomic E-state index is 14.8. The van der Waals surface area contributed by atoms with Crippen LogP contribution in [0.15, 0.2) is 24.4 Å². The number of hydrogen-bond acceptors (Lipinski definition) is 6. The molecule has 198 valence electrons. The first-order valence-electron chi connectivity index (χ1n) is 11.7. The van der Waals surface area contributed by atoms with Gasteiger partial charge in [-0.05, 0) is 39.7 Å². The van der Waals surface area contributed by atoms with Gasteiger partial charge in [0, 0.05) is 37.5 Å². The first kappa shape index (κ1) is 26.6. The lowest BCUT2D eigenvalue weighted by atomic mass is 9.97. The molecule has 1 fully saturated rings. The van der Waals surface area contributed by atoms with E-state index < -0.39 is 40.8 Å². The summed E-state index contributed by atoms with van der Waals surface area (Å²) in [6.45, 7) is 5.05. The Labute approximate surface area is 216 Å². The van der Waals surface area contributed by atoms with E-state index >= 15 is 0 Å². The summed E-state index contributed by atoms with van der Waals surface area (Å²) in [5, 5.41) is 9.16. The van der Waals surface area contributed by atoms with E-state index in [1.165, 1.54) is 18.0 Å². The van der Waals surface area contributed by atoms with Gasteiger partial charge in [-0.1, -0.05) is 11.6 Å². The summed E-state index contributed by atoms with van der Waals surface area (Å²) in [5.41, 5.74) is -1.44. The Morgan fingerprint density at radius 2 is 1.86 bits per heavy atom. The van der Waals surface area contributed by atoms with Crippen LogP contribution in [0.4, 0.5) is 14.5 Å². The third kappa shape index (κ3) is 5.46. The van der Waals surface area contributed by atoms with Gasteiger partial charge in [0.2, 0.25) is 5.88 Å².